The number of rotatable bonds is 8. The molecule has 1 aromatic rings. The number of methoxy groups -OCH3 is 1. The van der Waals surface area contributed by atoms with Gasteiger partial charge < -0.3 is 10.1 Å². The molecule has 0 aliphatic rings. The maximum absolute atomic E-state index is 4.99. The molecular formula is C10H19N3OS. The monoisotopic (exact) mass is 229 g/mol. The third kappa shape index (κ3) is 5.20. The molecule has 0 aliphatic carbocycles. The van der Waals surface area contributed by atoms with Crippen molar-refractivity contribution < 1.29 is 4.74 Å². The van der Waals surface area contributed by atoms with E-state index in [2.05, 4.69) is 22.4 Å². The van der Waals surface area contributed by atoms with E-state index in [0.717, 1.165) is 49.0 Å². The topological polar surface area (TPSA) is 47.0 Å². The second-order valence-corrected chi connectivity index (χ2v) is 4.51. The maximum atomic E-state index is 4.99. The third-order valence-electron chi connectivity index (χ3n) is 1.95. The normalized spacial score (nSPS) is 10.8. The number of hydrogen-bond acceptors (Lipinski definition) is 5. The highest BCUT2D eigenvalue weighted by Gasteiger charge is 2.02. The van der Waals surface area contributed by atoms with Gasteiger partial charge in [0, 0.05) is 26.7 Å². The van der Waals surface area contributed by atoms with Crippen molar-refractivity contribution in [1.29, 1.82) is 0 Å². The van der Waals surface area contributed by atoms with E-state index < -0.39 is 0 Å². The number of ether oxygens (including phenoxy) is 1. The smallest absolute Gasteiger partial charge is 0.131 e. The van der Waals surface area contributed by atoms with Crippen LogP contribution >= 0.6 is 11.3 Å². The van der Waals surface area contributed by atoms with E-state index in [0.29, 0.717) is 0 Å². The summed E-state index contributed by atoms with van der Waals surface area (Å²) in [5.74, 6) is 0. The Hall–Kier alpha value is -0.520. The standard InChI is InChI=1S/C10H19N3OS/c1-3-6-11-8-10-13-12-9(15-10)5-4-7-14-2/h11H,3-8H2,1-2H3. The van der Waals surface area contributed by atoms with E-state index in [1.165, 1.54) is 0 Å². The fraction of sp³-hybridized carbons (Fsp3) is 0.800. The first kappa shape index (κ1) is 12.5. The van der Waals surface area contributed by atoms with Gasteiger partial charge in [-0.25, -0.2) is 0 Å². The van der Waals surface area contributed by atoms with Gasteiger partial charge in [0.15, 0.2) is 0 Å². The number of hydrogen-bond donors (Lipinski definition) is 1. The largest absolute Gasteiger partial charge is 0.385 e. The molecule has 86 valence electrons. The second kappa shape index (κ2) is 7.73. The first-order chi connectivity index (χ1) is 7.36. The van der Waals surface area contributed by atoms with E-state index in [4.69, 9.17) is 4.74 Å². The molecule has 1 aromatic heterocycles. The van der Waals surface area contributed by atoms with Gasteiger partial charge in [-0.05, 0) is 19.4 Å². The van der Waals surface area contributed by atoms with Gasteiger partial charge in [0.1, 0.15) is 10.0 Å². The zero-order valence-electron chi connectivity index (χ0n) is 9.45. The number of aryl methyl sites for hydroxylation is 1. The van der Waals surface area contributed by atoms with Crippen LogP contribution in [0.5, 0.6) is 0 Å². The molecule has 1 heterocycles. The summed E-state index contributed by atoms with van der Waals surface area (Å²) in [6.07, 6.45) is 3.15. The SMILES string of the molecule is CCCNCc1nnc(CCCOC)s1. The van der Waals surface area contributed by atoms with Crippen LogP contribution in [-0.4, -0.2) is 30.5 Å². The fourth-order valence-corrected chi connectivity index (χ4v) is 2.06. The second-order valence-electron chi connectivity index (χ2n) is 3.36. The van der Waals surface area contributed by atoms with Gasteiger partial charge >= 0.3 is 0 Å². The van der Waals surface area contributed by atoms with Crippen LogP contribution in [-0.2, 0) is 17.7 Å². The van der Waals surface area contributed by atoms with Crippen molar-refractivity contribution in [2.45, 2.75) is 32.7 Å². The Morgan fingerprint density at radius 3 is 2.87 bits per heavy atom. The summed E-state index contributed by atoms with van der Waals surface area (Å²) in [4.78, 5) is 0. The maximum Gasteiger partial charge on any atom is 0.131 e. The summed E-state index contributed by atoms with van der Waals surface area (Å²) < 4.78 is 4.99. The highest BCUT2D eigenvalue weighted by atomic mass is 32.1. The lowest BCUT2D eigenvalue weighted by Gasteiger charge is -1.96. The van der Waals surface area contributed by atoms with Gasteiger partial charge in [0.25, 0.3) is 0 Å². The minimum Gasteiger partial charge on any atom is -0.385 e. The van der Waals surface area contributed by atoms with Gasteiger partial charge in [0.05, 0.1) is 0 Å². The lowest BCUT2D eigenvalue weighted by molar-refractivity contribution is 0.195. The Labute approximate surface area is 95.1 Å². The molecule has 0 saturated heterocycles. The van der Waals surface area contributed by atoms with Crippen LogP contribution in [0.15, 0.2) is 0 Å². The van der Waals surface area contributed by atoms with E-state index in [1.54, 1.807) is 18.4 Å². The van der Waals surface area contributed by atoms with Gasteiger partial charge in [-0.3, -0.25) is 0 Å². The van der Waals surface area contributed by atoms with Gasteiger partial charge in [-0.2, -0.15) is 0 Å². The molecule has 0 bridgehead atoms. The lowest BCUT2D eigenvalue weighted by atomic mass is 10.3. The zero-order valence-corrected chi connectivity index (χ0v) is 10.3. The molecule has 1 N–H and O–H groups in total. The molecule has 0 spiro atoms. The average molecular weight is 229 g/mol. The molecule has 5 heteroatoms. The van der Waals surface area contributed by atoms with Crippen LogP contribution in [0.4, 0.5) is 0 Å². The van der Waals surface area contributed by atoms with Crippen molar-refractivity contribution in [3.8, 4) is 0 Å². The Morgan fingerprint density at radius 1 is 1.33 bits per heavy atom. The first-order valence-corrected chi connectivity index (χ1v) is 6.19. The molecule has 0 aromatic carbocycles. The van der Waals surface area contributed by atoms with Crippen molar-refractivity contribution in [2.24, 2.45) is 0 Å². The molecule has 0 fully saturated rings. The van der Waals surface area contributed by atoms with Gasteiger partial charge in [-0.1, -0.05) is 6.92 Å². The highest BCUT2D eigenvalue weighted by Crippen LogP contribution is 2.11. The summed E-state index contributed by atoms with van der Waals surface area (Å²) in [5, 5.41) is 13.8. The van der Waals surface area contributed by atoms with Crippen molar-refractivity contribution in [3.63, 3.8) is 0 Å². The van der Waals surface area contributed by atoms with Gasteiger partial charge in [0.2, 0.25) is 0 Å². The van der Waals surface area contributed by atoms with Crippen molar-refractivity contribution in [2.75, 3.05) is 20.3 Å². The molecule has 4 nitrogen and oxygen atoms in total. The summed E-state index contributed by atoms with van der Waals surface area (Å²) in [5.41, 5.74) is 0. The summed E-state index contributed by atoms with van der Waals surface area (Å²) in [6.45, 7) is 4.83. The van der Waals surface area contributed by atoms with Crippen LogP contribution in [0.1, 0.15) is 29.8 Å². The Bertz CT molecular complexity index is 240. The molecule has 15 heavy (non-hydrogen) atoms. The van der Waals surface area contributed by atoms with Crippen LogP contribution in [0, 0.1) is 0 Å². The minimum absolute atomic E-state index is 0.795. The average Bonchev–Trinajstić information content (AvgIpc) is 2.67. The molecule has 0 amide bonds. The van der Waals surface area contributed by atoms with Crippen LogP contribution in [0.3, 0.4) is 0 Å². The van der Waals surface area contributed by atoms with E-state index in [1.807, 2.05) is 0 Å². The number of nitrogens with one attached hydrogen (secondary N) is 1. The van der Waals surface area contributed by atoms with Crippen LogP contribution in [0.2, 0.25) is 0 Å². The Balaban J connectivity index is 2.23. The Kier molecular flexibility index (Phi) is 6.47. The van der Waals surface area contributed by atoms with Gasteiger partial charge in [-0.15, -0.1) is 21.5 Å². The lowest BCUT2D eigenvalue weighted by Crippen LogP contribution is -2.13. The minimum atomic E-state index is 0.795. The summed E-state index contributed by atoms with van der Waals surface area (Å²) in [6, 6.07) is 0. The summed E-state index contributed by atoms with van der Waals surface area (Å²) >= 11 is 1.69. The third-order valence-corrected chi connectivity index (χ3v) is 2.93. The molecule has 0 radical (unpaired) electrons. The van der Waals surface area contributed by atoms with E-state index in [9.17, 15) is 0 Å². The van der Waals surface area contributed by atoms with Crippen LogP contribution < -0.4 is 5.32 Å². The fourth-order valence-electron chi connectivity index (χ4n) is 1.20. The summed E-state index contributed by atoms with van der Waals surface area (Å²) in [7, 11) is 1.72. The van der Waals surface area contributed by atoms with Crippen LogP contribution in [0.25, 0.3) is 0 Å². The van der Waals surface area contributed by atoms with E-state index in [-0.39, 0.29) is 0 Å². The molecule has 0 atom stereocenters. The molecule has 1 rings (SSSR count). The molecular weight excluding hydrogens is 210 g/mol. The molecule has 0 unspecified atom stereocenters. The molecule has 0 aliphatic heterocycles. The highest BCUT2D eigenvalue weighted by molar-refractivity contribution is 7.11. The predicted molar refractivity (Wildman–Crippen MR) is 62.1 cm³/mol. The quantitative estimate of drug-likeness (QED) is 0.688. The number of nitrogens with zero attached hydrogens (tertiary/aromatic N) is 2. The van der Waals surface area contributed by atoms with Crippen molar-refractivity contribution >= 4 is 11.3 Å². The first-order valence-electron chi connectivity index (χ1n) is 5.37. The van der Waals surface area contributed by atoms with Crippen molar-refractivity contribution in [3.05, 3.63) is 10.0 Å². The number of aromatic nitrogens is 2. The predicted octanol–water partition coefficient (Wildman–Crippen LogP) is 1.62. The van der Waals surface area contributed by atoms with E-state index >= 15 is 0 Å². The van der Waals surface area contributed by atoms with Crippen molar-refractivity contribution in [1.82, 2.24) is 15.5 Å². The zero-order chi connectivity index (χ0) is 10.9. The molecule has 0 saturated carbocycles. The Morgan fingerprint density at radius 2 is 2.13 bits per heavy atom.